The van der Waals surface area contributed by atoms with Crippen molar-refractivity contribution in [3.05, 3.63) is 16.3 Å². The second kappa shape index (κ2) is 7.36. The number of hydrogen-bond acceptors (Lipinski definition) is 6. The smallest absolute Gasteiger partial charge is 0.230 e. The molecule has 0 aliphatic heterocycles. The van der Waals surface area contributed by atoms with E-state index in [0.29, 0.717) is 5.95 Å². The minimum Gasteiger partial charge on any atom is -0.354 e. The van der Waals surface area contributed by atoms with Crippen LogP contribution < -0.4 is 10.2 Å². The monoisotopic (exact) mass is 305 g/mol. The van der Waals surface area contributed by atoms with Crippen molar-refractivity contribution in [2.24, 2.45) is 0 Å². The lowest BCUT2D eigenvalue weighted by Crippen LogP contribution is -2.25. The van der Waals surface area contributed by atoms with Gasteiger partial charge in [0.1, 0.15) is 0 Å². The molecule has 2 heterocycles. The zero-order chi connectivity index (χ0) is 15.2. The molecule has 0 aromatic carbocycles. The Balaban J connectivity index is 2.44. The summed E-state index contributed by atoms with van der Waals surface area (Å²) < 4.78 is 0. The van der Waals surface area contributed by atoms with Crippen LogP contribution in [0.4, 0.5) is 11.9 Å². The molecule has 0 aliphatic carbocycles. The Kier molecular flexibility index (Phi) is 5.50. The number of aromatic nitrogens is 3. The fraction of sp³-hybridized carbons (Fsp3) is 0.533. The normalized spacial score (nSPS) is 10.7. The Morgan fingerprint density at radius 2 is 1.90 bits per heavy atom. The molecule has 0 atom stereocenters. The van der Waals surface area contributed by atoms with Crippen LogP contribution in [0.25, 0.3) is 11.4 Å². The van der Waals surface area contributed by atoms with Crippen LogP contribution in [0.5, 0.6) is 0 Å². The molecule has 21 heavy (non-hydrogen) atoms. The summed E-state index contributed by atoms with van der Waals surface area (Å²) in [6.07, 6.45) is 1.04. The molecule has 0 saturated heterocycles. The summed E-state index contributed by atoms with van der Waals surface area (Å²) in [7, 11) is 0. The minimum absolute atomic E-state index is 0.661. The highest BCUT2D eigenvalue weighted by molar-refractivity contribution is 7.10. The standard InChI is InChI=1S/C15H23N5S/c1-5-9-16-14-17-13(12-8-10-21-11(12)4)18-15(19-14)20(6-2)7-3/h8,10H,5-7,9H2,1-4H3,(H,16,17,18,19). The van der Waals surface area contributed by atoms with Gasteiger partial charge in [0, 0.05) is 30.1 Å². The number of nitrogens with one attached hydrogen (secondary N) is 1. The summed E-state index contributed by atoms with van der Waals surface area (Å²) in [6.45, 7) is 11.1. The second-order valence-corrected chi connectivity index (χ2v) is 5.89. The number of hydrogen-bond donors (Lipinski definition) is 1. The van der Waals surface area contributed by atoms with E-state index in [0.717, 1.165) is 43.4 Å². The highest BCUT2D eigenvalue weighted by Gasteiger charge is 2.14. The molecular formula is C15H23N5S. The van der Waals surface area contributed by atoms with Crippen LogP contribution in [0.3, 0.4) is 0 Å². The zero-order valence-electron chi connectivity index (χ0n) is 13.2. The van der Waals surface area contributed by atoms with Crippen molar-refractivity contribution in [3.63, 3.8) is 0 Å². The first-order valence-corrected chi connectivity index (χ1v) is 8.36. The van der Waals surface area contributed by atoms with E-state index < -0.39 is 0 Å². The van der Waals surface area contributed by atoms with E-state index in [9.17, 15) is 0 Å². The maximum atomic E-state index is 4.66. The maximum Gasteiger partial charge on any atom is 0.230 e. The molecule has 114 valence electrons. The van der Waals surface area contributed by atoms with Gasteiger partial charge in [-0.2, -0.15) is 15.0 Å². The lowest BCUT2D eigenvalue weighted by atomic mass is 10.2. The van der Waals surface area contributed by atoms with Gasteiger partial charge in [-0.3, -0.25) is 0 Å². The Hall–Kier alpha value is -1.69. The summed E-state index contributed by atoms with van der Waals surface area (Å²) in [5.41, 5.74) is 1.09. The van der Waals surface area contributed by atoms with Crippen molar-refractivity contribution in [2.75, 3.05) is 29.9 Å². The number of thiophene rings is 1. The predicted molar refractivity (Wildman–Crippen MR) is 90.2 cm³/mol. The van der Waals surface area contributed by atoms with E-state index in [1.165, 1.54) is 4.88 Å². The molecule has 5 nitrogen and oxygen atoms in total. The average molecular weight is 305 g/mol. The first-order chi connectivity index (χ1) is 10.2. The van der Waals surface area contributed by atoms with E-state index in [1.807, 2.05) is 0 Å². The fourth-order valence-corrected chi connectivity index (χ4v) is 2.76. The lowest BCUT2D eigenvalue weighted by molar-refractivity contribution is 0.812. The number of rotatable bonds is 7. The summed E-state index contributed by atoms with van der Waals surface area (Å²) in [5.74, 6) is 2.16. The van der Waals surface area contributed by atoms with Gasteiger partial charge in [-0.25, -0.2) is 0 Å². The van der Waals surface area contributed by atoms with Crippen LogP contribution >= 0.6 is 11.3 Å². The molecule has 2 rings (SSSR count). The third-order valence-corrected chi connectivity index (χ3v) is 4.15. The maximum absolute atomic E-state index is 4.66. The van der Waals surface area contributed by atoms with Crippen LogP contribution in [0.2, 0.25) is 0 Å². The van der Waals surface area contributed by atoms with Crippen molar-refractivity contribution in [3.8, 4) is 11.4 Å². The van der Waals surface area contributed by atoms with Crippen LogP contribution in [-0.2, 0) is 0 Å². The summed E-state index contributed by atoms with van der Waals surface area (Å²) in [4.78, 5) is 17.2. The average Bonchev–Trinajstić information content (AvgIpc) is 2.92. The number of anilines is 2. The minimum atomic E-state index is 0.661. The van der Waals surface area contributed by atoms with E-state index in [1.54, 1.807) is 11.3 Å². The number of nitrogens with zero attached hydrogens (tertiary/aromatic N) is 4. The van der Waals surface area contributed by atoms with Gasteiger partial charge in [-0.15, -0.1) is 11.3 Å². The summed E-state index contributed by atoms with van der Waals surface area (Å²) in [5, 5.41) is 5.35. The van der Waals surface area contributed by atoms with Gasteiger partial charge < -0.3 is 10.2 Å². The van der Waals surface area contributed by atoms with Gasteiger partial charge >= 0.3 is 0 Å². The Morgan fingerprint density at radius 3 is 2.48 bits per heavy atom. The van der Waals surface area contributed by atoms with Gasteiger partial charge in [0.2, 0.25) is 11.9 Å². The molecule has 0 spiro atoms. The fourth-order valence-electron chi connectivity index (χ4n) is 2.07. The van der Waals surface area contributed by atoms with Gasteiger partial charge in [-0.1, -0.05) is 6.92 Å². The van der Waals surface area contributed by atoms with Crippen molar-refractivity contribution >= 4 is 23.2 Å². The molecule has 0 saturated carbocycles. The topological polar surface area (TPSA) is 53.9 Å². The van der Waals surface area contributed by atoms with E-state index in [2.05, 4.69) is 64.3 Å². The molecule has 0 amide bonds. The third kappa shape index (κ3) is 3.69. The predicted octanol–water partition coefficient (Wildman–Crippen LogP) is 3.58. The molecule has 0 radical (unpaired) electrons. The first kappa shape index (κ1) is 15.7. The highest BCUT2D eigenvalue weighted by Crippen LogP contribution is 2.26. The summed E-state index contributed by atoms with van der Waals surface area (Å²) in [6, 6.07) is 2.07. The van der Waals surface area contributed by atoms with Crippen molar-refractivity contribution in [1.29, 1.82) is 0 Å². The molecule has 1 N–H and O–H groups in total. The van der Waals surface area contributed by atoms with Crippen molar-refractivity contribution in [1.82, 2.24) is 15.0 Å². The molecular weight excluding hydrogens is 282 g/mol. The van der Waals surface area contributed by atoms with Crippen LogP contribution in [0.1, 0.15) is 32.1 Å². The Bertz CT molecular complexity index is 577. The largest absolute Gasteiger partial charge is 0.354 e. The van der Waals surface area contributed by atoms with Gasteiger partial charge in [-0.05, 0) is 38.6 Å². The summed E-state index contributed by atoms with van der Waals surface area (Å²) >= 11 is 1.71. The quantitative estimate of drug-likeness (QED) is 0.847. The molecule has 0 aliphatic rings. The van der Waals surface area contributed by atoms with Crippen LogP contribution in [0, 0.1) is 6.92 Å². The van der Waals surface area contributed by atoms with Gasteiger partial charge in [0.05, 0.1) is 0 Å². The molecule has 6 heteroatoms. The van der Waals surface area contributed by atoms with Crippen LogP contribution in [0.15, 0.2) is 11.4 Å². The molecule has 0 fully saturated rings. The SMILES string of the molecule is CCCNc1nc(-c2ccsc2C)nc(N(CC)CC)n1. The van der Waals surface area contributed by atoms with E-state index in [-0.39, 0.29) is 0 Å². The molecule has 0 unspecified atom stereocenters. The van der Waals surface area contributed by atoms with Gasteiger partial charge in [0.15, 0.2) is 5.82 Å². The van der Waals surface area contributed by atoms with Gasteiger partial charge in [0.25, 0.3) is 0 Å². The van der Waals surface area contributed by atoms with E-state index >= 15 is 0 Å². The lowest BCUT2D eigenvalue weighted by Gasteiger charge is -2.19. The molecule has 2 aromatic heterocycles. The second-order valence-electron chi connectivity index (χ2n) is 4.77. The van der Waals surface area contributed by atoms with Crippen molar-refractivity contribution < 1.29 is 0 Å². The highest BCUT2D eigenvalue weighted by atomic mass is 32.1. The Labute approximate surface area is 130 Å². The van der Waals surface area contributed by atoms with Crippen LogP contribution in [-0.4, -0.2) is 34.6 Å². The Morgan fingerprint density at radius 1 is 1.14 bits per heavy atom. The van der Waals surface area contributed by atoms with Crippen molar-refractivity contribution in [2.45, 2.75) is 34.1 Å². The first-order valence-electron chi connectivity index (χ1n) is 7.48. The molecule has 0 bridgehead atoms. The number of aryl methyl sites for hydroxylation is 1. The molecule has 2 aromatic rings. The van der Waals surface area contributed by atoms with E-state index in [4.69, 9.17) is 0 Å². The third-order valence-electron chi connectivity index (χ3n) is 3.30. The zero-order valence-corrected chi connectivity index (χ0v) is 14.0.